The number of nitrogens with zero attached hydrogens (tertiary/aromatic N) is 6. The second-order valence-corrected chi connectivity index (χ2v) is 12.2. The maximum Gasteiger partial charge on any atom is 0.164 e. The first-order chi connectivity index (χ1) is 24.3. The van der Waals surface area contributed by atoms with Gasteiger partial charge in [0.1, 0.15) is 11.2 Å². The van der Waals surface area contributed by atoms with Gasteiger partial charge < -0.3 is 0 Å². The molecule has 0 N–H and O–H groups in total. The van der Waals surface area contributed by atoms with Crippen LogP contribution in [0.15, 0.2) is 158 Å². The van der Waals surface area contributed by atoms with Gasteiger partial charge in [-0.3, -0.25) is 4.40 Å². The number of fused-ring (bicyclic) bond motifs is 7. The summed E-state index contributed by atoms with van der Waals surface area (Å²) in [5.74, 6) is 1.88. The molecule has 10 aromatic rings. The molecule has 0 spiro atoms. The van der Waals surface area contributed by atoms with E-state index >= 15 is 0 Å². The monoisotopic (exact) mass is 626 g/mol. The number of benzene rings is 6. The standard InChI is InChI=1S/C43H26N6/c1-3-15-31-27(11-1)13-9-18-33(31)42-46-41(47-43(48-42)34-19-10-14-28-12-2-4-16-32(28)34)30-24-22-29(23-25-30)38-40-39(35-17-5-6-20-36(35)44-38)45-37-21-7-8-26-49(37)40/h1-26H. The van der Waals surface area contributed by atoms with Crippen molar-refractivity contribution >= 4 is 49.1 Å². The highest BCUT2D eigenvalue weighted by Gasteiger charge is 2.18. The van der Waals surface area contributed by atoms with Crippen LogP contribution < -0.4 is 0 Å². The Morgan fingerprint density at radius 1 is 0.388 bits per heavy atom. The molecule has 0 aliphatic rings. The van der Waals surface area contributed by atoms with Crippen molar-refractivity contribution < 1.29 is 0 Å². The number of pyridine rings is 2. The van der Waals surface area contributed by atoms with Crippen LogP contribution in [0.5, 0.6) is 0 Å². The maximum atomic E-state index is 5.16. The summed E-state index contributed by atoms with van der Waals surface area (Å²) in [6.07, 6.45) is 2.05. The van der Waals surface area contributed by atoms with Gasteiger partial charge in [-0.05, 0) is 39.7 Å². The third kappa shape index (κ3) is 4.46. The molecular formula is C43H26N6. The van der Waals surface area contributed by atoms with Crippen LogP contribution in [0.3, 0.4) is 0 Å². The highest BCUT2D eigenvalue weighted by molar-refractivity contribution is 6.09. The van der Waals surface area contributed by atoms with Gasteiger partial charge in [0.15, 0.2) is 17.5 Å². The maximum absolute atomic E-state index is 5.16. The van der Waals surface area contributed by atoms with Gasteiger partial charge in [-0.2, -0.15) is 0 Å². The van der Waals surface area contributed by atoms with E-state index in [1.165, 1.54) is 0 Å². The predicted molar refractivity (Wildman–Crippen MR) is 198 cm³/mol. The molecule has 0 atom stereocenters. The molecule has 0 unspecified atom stereocenters. The molecule has 0 radical (unpaired) electrons. The highest BCUT2D eigenvalue weighted by Crippen LogP contribution is 2.35. The first-order valence-electron chi connectivity index (χ1n) is 16.3. The van der Waals surface area contributed by atoms with Crippen LogP contribution in [0.4, 0.5) is 0 Å². The van der Waals surface area contributed by atoms with Gasteiger partial charge in [-0.1, -0.05) is 133 Å². The Kier molecular flexibility index (Phi) is 6.08. The van der Waals surface area contributed by atoms with Crippen LogP contribution in [0.25, 0.3) is 94.5 Å². The fourth-order valence-corrected chi connectivity index (χ4v) is 6.92. The van der Waals surface area contributed by atoms with Crippen LogP contribution in [-0.2, 0) is 0 Å². The van der Waals surface area contributed by atoms with E-state index in [0.717, 1.165) is 77.1 Å². The topological polar surface area (TPSA) is 68.9 Å². The van der Waals surface area contributed by atoms with E-state index in [0.29, 0.717) is 17.5 Å². The predicted octanol–water partition coefficient (Wildman–Crippen LogP) is 10.2. The molecule has 0 saturated carbocycles. The van der Waals surface area contributed by atoms with E-state index in [4.69, 9.17) is 24.9 Å². The van der Waals surface area contributed by atoms with Crippen molar-refractivity contribution in [2.75, 3.05) is 0 Å². The van der Waals surface area contributed by atoms with Crippen LogP contribution in [0.2, 0.25) is 0 Å². The minimum absolute atomic E-state index is 0.610. The fourth-order valence-electron chi connectivity index (χ4n) is 6.92. The third-order valence-electron chi connectivity index (χ3n) is 9.26. The first-order valence-corrected chi connectivity index (χ1v) is 16.3. The van der Waals surface area contributed by atoms with Crippen LogP contribution in [0, 0.1) is 0 Å². The molecule has 0 amide bonds. The molecule has 228 valence electrons. The van der Waals surface area contributed by atoms with Crippen molar-refractivity contribution in [1.29, 1.82) is 0 Å². The molecule has 4 aromatic heterocycles. The molecule has 0 saturated heterocycles. The fraction of sp³-hybridized carbons (Fsp3) is 0. The lowest BCUT2D eigenvalue weighted by atomic mass is 10.0. The minimum atomic E-state index is 0.610. The van der Waals surface area contributed by atoms with Gasteiger partial charge in [-0.15, -0.1) is 0 Å². The lowest BCUT2D eigenvalue weighted by Gasteiger charge is -2.12. The Morgan fingerprint density at radius 2 is 0.939 bits per heavy atom. The number of rotatable bonds is 4. The summed E-state index contributed by atoms with van der Waals surface area (Å²) in [4.78, 5) is 25.5. The zero-order valence-corrected chi connectivity index (χ0v) is 26.2. The Labute approximate surface area is 281 Å². The Morgan fingerprint density at radius 3 is 1.63 bits per heavy atom. The number of hydrogen-bond donors (Lipinski definition) is 0. The molecule has 0 bridgehead atoms. The van der Waals surface area contributed by atoms with Gasteiger partial charge in [-0.25, -0.2) is 24.9 Å². The van der Waals surface area contributed by atoms with Gasteiger partial charge >= 0.3 is 0 Å². The average Bonchev–Trinajstić information content (AvgIpc) is 3.57. The smallest absolute Gasteiger partial charge is 0.164 e. The third-order valence-corrected chi connectivity index (χ3v) is 9.26. The summed E-state index contributed by atoms with van der Waals surface area (Å²) in [5, 5.41) is 5.51. The van der Waals surface area contributed by atoms with E-state index in [9.17, 15) is 0 Å². The summed E-state index contributed by atoms with van der Waals surface area (Å²) in [6.45, 7) is 0. The minimum Gasteiger partial charge on any atom is -0.298 e. The summed E-state index contributed by atoms with van der Waals surface area (Å²) < 4.78 is 2.12. The van der Waals surface area contributed by atoms with Crippen molar-refractivity contribution in [3.63, 3.8) is 0 Å². The van der Waals surface area contributed by atoms with E-state index in [1.807, 2.05) is 42.6 Å². The number of para-hydroxylation sites is 1. The van der Waals surface area contributed by atoms with Crippen molar-refractivity contribution in [3.8, 4) is 45.4 Å². The van der Waals surface area contributed by atoms with Gasteiger partial charge in [0.25, 0.3) is 0 Å². The van der Waals surface area contributed by atoms with E-state index in [2.05, 4.69) is 120 Å². The molecule has 0 fully saturated rings. The second kappa shape index (κ2) is 10.9. The average molecular weight is 627 g/mol. The Balaban J connectivity index is 1.17. The van der Waals surface area contributed by atoms with Gasteiger partial charge in [0.05, 0.1) is 16.7 Å². The molecule has 49 heavy (non-hydrogen) atoms. The van der Waals surface area contributed by atoms with Crippen molar-refractivity contribution in [2.24, 2.45) is 0 Å². The summed E-state index contributed by atoms with van der Waals surface area (Å²) in [7, 11) is 0. The first kappa shape index (κ1) is 27.3. The second-order valence-electron chi connectivity index (χ2n) is 12.2. The largest absolute Gasteiger partial charge is 0.298 e. The van der Waals surface area contributed by atoms with Crippen LogP contribution in [0.1, 0.15) is 0 Å². The van der Waals surface area contributed by atoms with Crippen LogP contribution in [-0.4, -0.2) is 29.3 Å². The summed E-state index contributed by atoms with van der Waals surface area (Å²) >= 11 is 0. The van der Waals surface area contributed by atoms with E-state index in [-0.39, 0.29) is 0 Å². The van der Waals surface area contributed by atoms with Gasteiger partial charge in [0.2, 0.25) is 0 Å². The number of hydrogen-bond acceptors (Lipinski definition) is 5. The molecule has 10 rings (SSSR count). The number of imidazole rings is 1. The lowest BCUT2D eigenvalue weighted by Crippen LogP contribution is -2.01. The molecular weight excluding hydrogens is 601 g/mol. The van der Waals surface area contributed by atoms with Gasteiger partial charge in [0, 0.05) is 33.8 Å². The SMILES string of the molecule is c1ccc2c(-c3nc(-c4ccc(-c5nc6ccccc6c6nc7ccccn7c56)cc4)nc(-c4cccc5ccccc45)n3)cccc2c1. The Hall–Kier alpha value is -6.79. The van der Waals surface area contributed by atoms with Crippen molar-refractivity contribution in [2.45, 2.75) is 0 Å². The van der Waals surface area contributed by atoms with E-state index < -0.39 is 0 Å². The molecule has 4 heterocycles. The highest BCUT2D eigenvalue weighted by atomic mass is 15.0. The molecule has 0 aliphatic carbocycles. The molecule has 6 nitrogen and oxygen atoms in total. The zero-order valence-electron chi connectivity index (χ0n) is 26.2. The quantitative estimate of drug-likeness (QED) is 0.194. The molecule has 6 aromatic carbocycles. The summed E-state index contributed by atoms with van der Waals surface area (Å²) in [5.41, 5.74) is 8.42. The molecule has 0 aliphatic heterocycles. The Bertz CT molecular complexity index is 2780. The summed E-state index contributed by atoms with van der Waals surface area (Å²) in [6, 6.07) is 51.9. The van der Waals surface area contributed by atoms with Crippen molar-refractivity contribution in [3.05, 3.63) is 158 Å². The van der Waals surface area contributed by atoms with E-state index in [1.54, 1.807) is 0 Å². The molecule has 6 heteroatoms. The van der Waals surface area contributed by atoms with Crippen LogP contribution >= 0.6 is 0 Å². The lowest BCUT2D eigenvalue weighted by molar-refractivity contribution is 1.08. The van der Waals surface area contributed by atoms with Crippen molar-refractivity contribution in [1.82, 2.24) is 29.3 Å². The normalized spacial score (nSPS) is 11.7. The zero-order chi connectivity index (χ0) is 32.3. The number of aromatic nitrogens is 6.